The molecule has 0 aromatic heterocycles. The molecule has 0 atom stereocenters. The number of fused-ring (bicyclic) bond motifs is 2. The van der Waals surface area contributed by atoms with Crippen molar-refractivity contribution in [3.63, 3.8) is 0 Å². The Morgan fingerprint density at radius 1 is 0.594 bits per heavy atom. The lowest BCUT2D eigenvalue weighted by Gasteiger charge is -2.38. The summed E-state index contributed by atoms with van der Waals surface area (Å²) in [5.74, 6) is 0.664. The molecule has 0 heterocycles. The van der Waals surface area contributed by atoms with Crippen molar-refractivity contribution in [3.05, 3.63) is 58.7 Å². The van der Waals surface area contributed by atoms with E-state index in [1.807, 2.05) is 12.1 Å². The molecule has 0 radical (unpaired) electrons. The van der Waals surface area contributed by atoms with E-state index in [0.717, 1.165) is 0 Å². The van der Waals surface area contributed by atoms with Crippen molar-refractivity contribution >= 4 is 28.2 Å². The van der Waals surface area contributed by atoms with Crippen molar-refractivity contribution in [2.45, 2.75) is 77.8 Å². The zero-order valence-corrected chi connectivity index (χ0v) is 23.1. The van der Waals surface area contributed by atoms with E-state index in [1.54, 1.807) is 24.3 Å². The second-order valence-electron chi connectivity index (χ2n) is 11.7. The molecule has 1 aliphatic rings. The van der Waals surface area contributed by atoms with E-state index in [-0.39, 0.29) is 21.6 Å². The molecule has 0 spiro atoms. The number of ketones is 2. The van der Waals surface area contributed by atoms with Gasteiger partial charge in [0.2, 0.25) is 0 Å². The fourth-order valence-electron chi connectivity index (χ4n) is 3.20. The number of hydrogen-bond donors (Lipinski definition) is 0. The van der Waals surface area contributed by atoms with Gasteiger partial charge in [0.05, 0.1) is 11.1 Å². The molecule has 0 N–H and O–H groups in total. The maximum atomic E-state index is 13.7. The van der Waals surface area contributed by atoms with E-state index in [2.05, 4.69) is 67.7 Å². The molecular formula is C26H36O4Si2. The van der Waals surface area contributed by atoms with Crippen molar-refractivity contribution in [3.8, 4) is 11.5 Å². The number of rotatable bonds is 4. The first-order chi connectivity index (χ1) is 14.5. The van der Waals surface area contributed by atoms with Crippen molar-refractivity contribution in [2.24, 2.45) is 0 Å². The molecule has 0 fully saturated rings. The van der Waals surface area contributed by atoms with Gasteiger partial charge in [-0.05, 0) is 48.4 Å². The van der Waals surface area contributed by atoms with Gasteiger partial charge in [-0.25, -0.2) is 0 Å². The standard InChI is InChI=1S/C26H36O4Si2/c1-25(2,3)31(7,8)29-19-15-11-13-17-21(19)23(27)18-14-12-16-20(22(18)24(17)28)30-32(9,10)26(4,5)6/h11-16H,1-10H3. The highest BCUT2D eigenvalue weighted by atomic mass is 28.4. The molecule has 2 aromatic rings. The lowest BCUT2D eigenvalue weighted by molar-refractivity contribution is 0.0975. The zero-order chi connectivity index (χ0) is 24.3. The van der Waals surface area contributed by atoms with Crippen molar-refractivity contribution < 1.29 is 18.4 Å². The van der Waals surface area contributed by atoms with E-state index >= 15 is 0 Å². The average Bonchev–Trinajstić information content (AvgIpc) is 2.63. The number of hydrogen-bond acceptors (Lipinski definition) is 4. The molecule has 0 saturated heterocycles. The van der Waals surface area contributed by atoms with E-state index in [9.17, 15) is 9.59 Å². The van der Waals surface area contributed by atoms with Crippen LogP contribution in [0.5, 0.6) is 11.5 Å². The van der Waals surface area contributed by atoms with Crippen LogP contribution in [0.4, 0.5) is 0 Å². The molecule has 3 rings (SSSR count). The summed E-state index contributed by atoms with van der Waals surface area (Å²) in [6.45, 7) is 21.5. The number of benzene rings is 2. The summed E-state index contributed by atoms with van der Waals surface area (Å²) >= 11 is 0. The SMILES string of the molecule is CC(C)(C)[Si](C)(C)Oc1cccc2c1C(=O)c1cccc(O[Si](C)(C)C(C)(C)C)c1C2=O. The smallest absolute Gasteiger partial charge is 0.250 e. The Balaban J connectivity index is 2.13. The third kappa shape index (κ3) is 4.10. The van der Waals surface area contributed by atoms with Crippen LogP contribution in [0.15, 0.2) is 36.4 Å². The molecule has 4 nitrogen and oxygen atoms in total. The largest absolute Gasteiger partial charge is 0.543 e. The summed E-state index contributed by atoms with van der Waals surface area (Å²) in [4.78, 5) is 27.3. The summed E-state index contributed by atoms with van der Waals surface area (Å²) < 4.78 is 13.0. The molecular weight excluding hydrogens is 432 g/mol. The van der Waals surface area contributed by atoms with Crippen LogP contribution >= 0.6 is 0 Å². The first-order valence-corrected chi connectivity index (χ1v) is 17.0. The quantitative estimate of drug-likeness (QED) is 0.379. The lowest BCUT2D eigenvalue weighted by Crippen LogP contribution is -2.45. The first-order valence-electron chi connectivity index (χ1n) is 11.2. The van der Waals surface area contributed by atoms with Gasteiger partial charge in [-0.15, -0.1) is 0 Å². The molecule has 6 heteroatoms. The zero-order valence-electron chi connectivity index (χ0n) is 21.1. The first kappa shape index (κ1) is 24.5. The summed E-state index contributed by atoms with van der Waals surface area (Å²) in [6.07, 6.45) is 0. The molecule has 1 aliphatic carbocycles. The summed E-state index contributed by atoms with van der Waals surface area (Å²) in [5, 5.41) is -0.0565. The van der Waals surface area contributed by atoms with Gasteiger partial charge in [-0.1, -0.05) is 65.8 Å². The Hall–Kier alpha value is -2.19. The molecule has 0 unspecified atom stereocenters. The Kier molecular flexibility index (Phi) is 5.88. The molecule has 0 amide bonds. The predicted octanol–water partition coefficient (Wildman–Crippen LogP) is 7.23. The molecule has 2 aromatic carbocycles. The molecule has 172 valence electrons. The molecule has 0 saturated carbocycles. The number of carbonyl (C=O) groups is 2. The summed E-state index contributed by atoms with van der Waals surface area (Å²) in [7, 11) is -4.39. The Morgan fingerprint density at radius 3 is 1.19 bits per heavy atom. The van der Waals surface area contributed by atoms with Crippen LogP contribution in [-0.2, 0) is 0 Å². The van der Waals surface area contributed by atoms with Crippen molar-refractivity contribution in [1.29, 1.82) is 0 Å². The highest BCUT2D eigenvalue weighted by molar-refractivity contribution is 6.75. The Bertz CT molecular complexity index is 998. The minimum Gasteiger partial charge on any atom is -0.543 e. The van der Waals surface area contributed by atoms with Gasteiger partial charge in [-0.3, -0.25) is 9.59 Å². The second kappa shape index (κ2) is 7.70. The summed E-state index contributed by atoms with van der Waals surface area (Å²) in [6, 6.07) is 10.7. The van der Waals surface area contributed by atoms with Crippen LogP contribution in [-0.4, -0.2) is 28.2 Å². The van der Waals surface area contributed by atoms with Crippen LogP contribution in [0.25, 0.3) is 0 Å². The maximum absolute atomic E-state index is 13.7. The van der Waals surface area contributed by atoms with E-state index in [1.165, 1.54) is 0 Å². The van der Waals surface area contributed by atoms with Crippen molar-refractivity contribution in [1.82, 2.24) is 0 Å². The Morgan fingerprint density at radius 2 is 0.906 bits per heavy atom. The van der Waals surface area contributed by atoms with Gasteiger partial charge >= 0.3 is 0 Å². The highest BCUT2D eigenvalue weighted by Crippen LogP contribution is 2.43. The van der Waals surface area contributed by atoms with Gasteiger partial charge in [0.25, 0.3) is 16.6 Å². The molecule has 32 heavy (non-hydrogen) atoms. The summed E-state index contributed by atoms with van der Waals surface area (Å²) in [5.41, 5.74) is 1.54. The normalized spacial score (nSPS) is 14.7. The van der Waals surface area contributed by atoms with Crippen LogP contribution in [0.2, 0.25) is 36.3 Å². The van der Waals surface area contributed by atoms with Crippen LogP contribution in [0, 0.1) is 0 Å². The topological polar surface area (TPSA) is 52.6 Å². The second-order valence-corrected chi connectivity index (χ2v) is 21.2. The van der Waals surface area contributed by atoms with Gasteiger partial charge in [0.1, 0.15) is 11.5 Å². The van der Waals surface area contributed by atoms with Crippen molar-refractivity contribution in [2.75, 3.05) is 0 Å². The number of carbonyl (C=O) groups excluding carboxylic acids is 2. The van der Waals surface area contributed by atoms with Crippen LogP contribution in [0.3, 0.4) is 0 Å². The van der Waals surface area contributed by atoms with Crippen LogP contribution < -0.4 is 8.85 Å². The molecule has 0 bridgehead atoms. The third-order valence-corrected chi connectivity index (χ3v) is 16.0. The fraction of sp³-hybridized carbons (Fsp3) is 0.462. The monoisotopic (exact) mass is 468 g/mol. The van der Waals surface area contributed by atoms with E-state index in [4.69, 9.17) is 8.85 Å². The van der Waals surface area contributed by atoms with Gasteiger partial charge in [0.15, 0.2) is 11.6 Å². The highest BCUT2D eigenvalue weighted by Gasteiger charge is 2.43. The minimum absolute atomic E-state index is 0.0282. The van der Waals surface area contributed by atoms with E-state index < -0.39 is 16.6 Å². The predicted molar refractivity (Wildman–Crippen MR) is 135 cm³/mol. The Labute approximate surface area is 194 Å². The lowest BCUT2D eigenvalue weighted by atomic mass is 9.83. The molecule has 0 aliphatic heterocycles. The minimum atomic E-state index is -2.19. The fourth-order valence-corrected chi connectivity index (χ4v) is 5.26. The van der Waals surface area contributed by atoms with Gasteiger partial charge in [-0.2, -0.15) is 0 Å². The average molecular weight is 469 g/mol. The van der Waals surface area contributed by atoms with E-state index in [0.29, 0.717) is 33.8 Å². The third-order valence-electron chi connectivity index (χ3n) is 7.34. The van der Waals surface area contributed by atoms with Crippen LogP contribution in [0.1, 0.15) is 73.4 Å². The maximum Gasteiger partial charge on any atom is 0.250 e. The van der Waals surface area contributed by atoms with Gasteiger partial charge in [0, 0.05) is 11.1 Å². The van der Waals surface area contributed by atoms with Gasteiger partial charge < -0.3 is 8.85 Å².